The summed E-state index contributed by atoms with van der Waals surface area (Å²) in [5, 5.41) is 6.38. The normalized spacial score (nSPS) is 11.5. The largest absolute Gasteiger partial charge is 0.380 e. The molecule has 4 nitrogen and oxygen atoms in total. The van der Waals surface area contributed by atoms with Crippen LogP contribution >= 0.6 is 11.8 Å². The Bertz CT molecular complexity index is 153. The molecular formula is C9H21N3OS. The van der Waals surface area contributed by atoms with Crippen molar-refractivity contribution in [3.8, 4) is 0 Å². The molecule has 0 spiro atoms. The quantitative estimate of drug-likeness (QED) is 0.373. The van der Waals surface area contributed by atoms with Gasteiger partial charge in [-0.3, -0.25) is 4.99 Å². The van der Waals surface area contributed by atoms with E-state index >= 15 is 0 Å². The van der Waals surface area contributed by atoms with Gasteiger partial charge in [-0.15, -0.1) is 0 Å². The first-order chi connectivity index (χ1) is 6.85. The lowest BCUT2D eigenvalue weighted by atomic mass is 10.6. The van der Waals surface area contributed by atoms with E-state index in [1.807, 2.05) is 18.7 Å². The van der Waals surface area contributed by atoms with E-state index in [2.05, 4.69) is 21.9 Å². The van der Waals surface area contributed by atoms with Gasteiger partial charge >= 0.3 is 0 Å². The van der Waals surface area contributed by atoms with Crippen LogP contribution in [0.15, 0.2) is 4.99 Å². The van der Waals surface area contributed by atoms with Crippen molar-refractivity contribution in [3.63, 3.8) is 0 Å². The van der Waals surface area contributed by atoms with Gasteiger partial charge in [0, 0.05) is 32.5 Å². The molecule has 0 aliphatic carbocycles. The molecule has 0 atom stereocenters. The van der Waals surface area contributed by atoms with Gasteiger partial charge in [0.25, 0.3) is 0 Å². The van der Waals surface area contributed by atoms with Crippen molar-refractivity contribution < 1.29 is 4.74 Å². The highest BCUT2D eigenvalue weighted by atomic mass is 32.2. The molecule has 14 heavy (non-hydrogen) atoms. The van der Waals surface area contributed by atoms with Gasteiger partial charge < -0.3 is 15.4 Å². The standard InChI is InChI=1S/C9H21N3OS/c1-4-13-7-5-11-9(10-2)12-6-8-14-3/h4-8H2,1-3H3,(H2,10,11,12). The second kappa shape index (κ2) is 10.7. The maximum atomic E-state index is 5.20. The number of aliphatic imine (C=N–C) groups is 1. The summed E-state index contributed by atoms with van der Waals surface area (Å²) < 4.78 is 5.20. The second-order valence-corrected chi connectivity index (χ2v) is 3.60. The molecular weight excluding hydrogens is 198 g/mol. The second-order valence-electron chi connectivity index (χ2n) is 2.62. The molecule has 0 aliphatic heterocycles. The molecule has 0 unspecified atom stereocenters. The molecule has 0 aromatic heterocycles. The van der Waals surface area contributed by atoms with Crippen LogP contribution in [0, 0.1) is 0 Å². The van der Waals surface area contributed by atoms with Crippen LogP contribution in [0.4, 0.5) is 0 Å². The van der Waals surface area contributed by atoms with E-state index in [0.29, 0.717) is 0 Å². The topological polar surface area (TPSA) is 45.6 Å². The molecule has 5 heteroatoms. The molecule has 0 aliphatic rings. The predicted molar refractivity (Wildman–Crippen MR) is 64.2 cm³/mol. The van der Waals surface area contributed by atoms with E-state index in [4.69, 9.17) is 4.74 Å². The Labute approximate surface area is 90.9 Å². The fourth-order valence-corrected chi connectivity index (χ4v) is 1.18. The Morgan fingerprint density at radius 2 is 2.07 bits per heavy atom. The Hall–Kier alpha value is -0.420. The van der Waals surface area contributed by atoms with Gasteiger partial charge in [0.1, 0.15) is 0 Å². The summed E-state index contributed by atoms with van der Waals surface area (Å²) in [5.41, 5.74) is 0. The predicted octanol–water partition coefficient (Wildman–Crippen LogP) is 0.551. The van der Waals surface area contributed by atoms with Crippen LogP contribution in [0.2, 0.25) is 0 Å². The Morgan fingerprint density at radius 1 is 1.36 bits per heavy atom. The summed E-state index contributed by atoms with van der Waals surface area (Å²) in [4.78, 5) is 4.09. The van der Waals surface area contributed by atoms with Crippen molar-refractivity contribution in [2.45, 2.75) is 6.92 Å². The third kappa shape index (κ3) is 8.19. The van der Waals surface area contributed by atoms with Crippen LogP contribution in [-0.2, 0) is 4.74 Å². The van der Waals surface area contributed by atoms with E-state index in [9.17, 15) is 0 Å². The van der Waals surface area contributed by atoms with Crippen molar-refractivity contribution in [3.05, 3.63) is 0 Å². The average Bonchev–Trinajstić information content (AvgIpc) is 2.22. The highest BCUT2D eigenvalue weighted by Gasteiger charge is 1.94. The lowest BCUT2D eigenvalue weighted by molar-refractivity contribution is 0.152. The molecule has 0 saturated carbocycles. The zero-order valence-electron chi connectivity index (χ0n) is 9.30. The summed E-state index contributed by atoms with van der Waals surface area (Å²) in [5.74, 6) is 1.94. The van der Waals surface area contributed by atoms with Crippen LogP contribution in [0.25, 0.3) is 0 Å². The molecule has 0 aromatic carbocycles. The van der Waals surface area contributed by atoms with E-state index in [1.54, 1.807) is 7.05 Å². The van der Waals surface area contributed by atoms with Crippen LogP contribution < -0.4 is 10.6 Å². The van der Waals surface area contributed by atoms with Gasteiger partial charge in [0.15, 0.2) is 5.96 Å². The lowest BCUT2D eigenvalue weighted by Gasteiger charge is -2.10. The van der Waals surface area contributed by atoms with E-state index in [-0.39, 0.29) is 0 Å². The van der Waals surface area contributed by atoms with Crippen LogP contribution in [0.5, 0.6) is 0 Å². The van der Waals surface area contributed by atoms with Gasteiger partial charge in [-0.25, -0.2) is 0 Å². The SMILES string of the molecule is CCOCCNC(=NC)NCCSC. The molecule has 2 N–H and O–H groups in total. The number of ether oxygens (including phenoxy) is 1. The number of rotatable bonds is 7. The molecule has 84 valence electrons. The van der Waals surface area contributed by atoms with Crippen molar-refractivity contribution in [2.24, 2.45) is 4.99 Å². The maximum absolute atomic E-state index is 5.20. The van der Waals surface area contributed by atoms with Crippen molar-refractivity contribution in [1.29, 1.82) is 0 Å². The molecule has 0 saturated heterocycles. The third-order valence-corrected chi connectivity index (χ3v) is 2.18. The number of nitrogens with zero attached hydrogens (tertiary/aromatic N) is 1. The maximum Gasteiger partial charge on any atom is 0.191 e. The summed E-state index contributed by atoms with van der Waals surface area (Å²) in [6.07, 6.45) is 2.09. The number of nitrogens with one attached hydrogen (secondary N) is 2. The monoisotopic (exact) mass is 219 g/mol. The number of hydrogen-bond acceptors (Lipinski definition) is 3. The number of guanidine groups is 1. The summed E-state index contributed by atoms with van der Waals surface area (Å²) >= 11 is 1.82. The summed E-state index contributed by atoms with van der Waals surface area (Å²) in [6.45, 7) is 5.22. The first-order valence-corrected chi connectivity index (χ1v) is 6.25. The number of thioether (sulfide) groups is 1. The first-order valence-electron chi connectivity index (χ1n) is 4.86. The van der Waals surface area contributed by atoms with Crippen LogP contribution in [0.3, 0.4) is 0 Å². The molecule has 0 bridgehead atoms. The minimum atomic E-state index is 0.722. The molecule has 0 amide bonds. The van der Waals surface area contributed by atoms with Gasteiger partial charge in [0.2, 0.25) is 0 Å². The minimum Gasteiger partial charge on any atom is -0.380 e. The molecule has 0 radical (unpaired) electrons. The smallest absolute Gasteiger partial charge is 0.191 e. The minimum absolute atomic E-state index is 0.722. The molecule has 0 rings (SSSR count). The zero-order valence-corrected chi connectivity index (χ0v) is 10.1. The summed E-state index contributed by atoms with van der Waals surface area (Å²) in [6, 6.07) is 0. The lowest BCUT2D eigenvalue weighted by Crippen LogP contribution is -2.39. The third-order valence-electron chi connectivity index (χ3n) is 1.57. The van der Waals surface area contributed by atoms with E-state index in [1.165, 1.54) is 0 Å². The Morgan fingerprint density at radius 3 is 2.64 bits per heavy atom. The first kappa shape index (κ1) is 13.6. The van der Waals surface area contributed by atoms with Crippen molar-refractivity contribution >= 4 is 17.7 Å². The zero-order chi connectivity index (χ0) is 10.6. The van der Waals surface area contributed by atoms with E-state index in [0.717, 1.165) is 38.0 Å². The van der Waals surface area contributed by atoms with Crippen molar-refractivity contribution in [2.75, 3.05) is 45.4 Å². The van der Waals surface area contributed by atoms with Gasteiger partial charge in [-0.05, 0) is 13.2 Å². The Balaban J connectivity index is 3.39. The number of hydrogen-bond donors (Lipinski definition) is 2. The Kier molecular flexibility index (Phi) is 10.3. The van der Waals surface area contributed by atoms with Gasteiger partial charge in [-0.2, -0.15) is 11.8 Å². The van der Waals surface area contributed by atoms with Crippen molar-refractivity contribution in [1.82, 2.24) is 10.6 Å². The molecule has 0 aromatic rings. The highest BCUT2D eigenvalue weighted by Crippen LogP contribution is 1.86. The summed E-state index contributed by atoms with van der Waals surface area (Å²) in [7, 11) is 1.77. The van der Waals surface area contributed by atoms with Gasteiger partial charge in [-0.1, -0.05) is 0 Å². The fraction of sp³-hybridized carbons (Fsp3) is 0.889. The average molecular weight is 219 g/mol. The molecule has 0 heterocycles. The van der Waals surface area contributed by atoms with E-state index < -0.39 is 0 Å². The molecule has 0 fully saturated rings. The van der Waals surface area contributed by atoms with Crippen LogP contribution in [0.1, 0.15) is 6.92 Å². The highest BCUT2D eigenvalue weighted by molar-refractivity contribution is 7.98. The van der Waals surface area contributed by atoms with Crippen LogP contribution in [-0.4, -0.2) is 51.3 Å². The fourth-order valence-electron chi connectivity index (χ4n) is 0.878. The van der Waals surface area contributed by atoms with Gasteiger partial charge in [0.05, 0.1) is 6.61 Å².